The molecule has 0 saturated carbocycles. The average Bonchev–Trinajstić information content (AvgIpc) is 2.71. The molecular weight excluding hydrogens is 288 g/mol. The highest BCUT2D eigenvalue weighted by molar-refractivity contribution is 7.09. The molecule has 1 amide bonds. The van der Waals surface area contributed by atoms with Crippen LogP contribution in [0, 0.1) is 6.92 Å². The Kier molecular flexibility index (Phi) is 6.08. The minimum atomic E-state index is -0.570. The third-order valence-electron chi connectivity index (χ3n) is 2.58. The van der Waals surface area contributed by atoms with Gasteiger partial charge in [-0.05, 0) is 46.3 Å². The Labute approximate surface area is 129 Å². The maximum Gasteiger partial charge on any atom is 0.408 e. The number of aldehydes is 1. The average molecular weight is 310 g/mol. The van der Waals surface area contributed by atoms with E-state index in [2.05, 4.69) is 10.3 Å². The summed E-state index contributed by atoms with van der Waals surface area (Å²) in [7, 11) is 0. The molecule has 0 unspecified atom stereocenters. The van der Waals surface area contributed by atoms with Gasteiger partial charge in [0, 0.05) is 11.8 Å². The van der Waals surface area contributed by atoms with Gasteiger partial charge < -0.3 is 14.8 Å². The number of aryl methyl sites for hydroxylation is 1. The summed E-state index contributed by atoms with van der Waals surface area (Å²) in [6, 6.07) is -0.389. The van der Waals surface area contributed by atoms with Crippen LogP contribution in [0.4, 0.5) is 4.79 Å². The van der Waals surface area contributed by atoms with Crippen LogP contribution in [0.25, 0.3) is 6.08 Å². The van der Waals surface area contributed by atoms with Gasteiger partial charge in [-0.1, -0.05) is 0 Å². The third-order valence-corrected chi connectivity index (χ3v) is 3.38. The highest BCUT2D eigenvalue weighted by Gasteiger charge is 2.20. The molecule has 1 heterocycles. The highest BCUT2D eigenvalue weighted by atomic mass is 32.1. The van der Waals surface area contributed by atoms with E-state index in [1.165, 1.54) is 0 Å². The van der Waals surface area contributed by atoms with Crippen LogP contribution < -0.4 is 5.32 Å². The zero-order chi connectivity index (χ0) is 16.0. The predicted octanol–water partition coefficient (Wildman–Crippen LogP) is 3.34. The number of nitrogens with one attached hydrogen (secondary N) is 1. The van der Waals surface area contributed by atoms with Gasteiger partial charge >= 0.3 is 6.09 Å². The summed E-state index contributed by atoms with van der Waals surface area (Å²) < 4.78 is 5.21. The molecule has 0 aliphatic heterocycles. The van der Waals surface area contributed by atoms with Crippen molar-refractivity contribution in [3.8, 4) is 0 Å². The molecule has 6 heteroatoms. The summed E-state index contributed by atoms with van der Waals surface area (Å²) in [5.41, 5.74) is 1.12. The number of carbonyl (C=O) groups excluding carboxylic acids is 2. The highest BCUT2D eigenvalue weighted by Crippen LogP contribution is 2.15. The fourth-order valence-electron chi connectivity index (χ4n) is 1.69. The Morgan fingerprint density at radius 2 is 2.19 bits per heavy atom. The monoisotopic (exact) mass is 310 g/mol. The van der Waals surface area contributed by atoms with Gasteiger partial charge in [-0.15, -0.1) is 11.3 Å². The second-order valence-electron chi connectivity index (χ2n) is 5.78. The molecule has 1 N–H and O–H groups in total. The van der Waals surface area contributed by atoms with Crippen LogP contribution in [0.15, 0.2) is 11.0 Å². The van der Waals surface area contributed by atoms with E-state index in [-0.39, 0.29) is 12.5 Å². The van der Waals surface area contributed by atoms with Crippen molar-refractivity contribution >= 4 is 29.8 Å². The van der Waals surface area contributed by atoms with Gasteiger partial charge in [0.1, 0.15) is 11.9 Å². The molecular formula is C15H22N2O3S. The molecule has 21 heavy (non-hydrogen) atoms. The first kappa shape index (κ1) is 17.4. The molecule has 0 bridgehead atoms. The summed E-state index contributed by atoms with van der Waals surface area (Å²) in [4.78, 5) is 27.0. The SMILES string of the molecule is C/C(=C\c1csc(C)n1)[C@H](CC=O)NC(=O)OC(C)(C)C. The second kappa shape index (κ2) is 7.36. The van der Waals surface area contributed by atoms with Crippen LogP contribution in [0.3, 0.4) is 0 Å². The van der Waals surface area contributed by atoms with E-state index >= 15 is 0 Å². The van der Waals surface area contributed by atoms with Gasteiger partial charge in [-0.3, -0.25) is 0 Å². The topological polar surface area (TPSA) is 68.3 Å². The van der Waals surface area contributed by atoms with Gasteiger partial charge in [-0.2, -0.15) is 0 Å². The Morgan fingerprint density at radius 3 is 2.67 bits per heavy atom. The van der Waals surface area contributed by atoms with Crippen molar-refractivity contribution in [1.82, 2.24) is 10.3 Å². The van der Waals surface area contributed by atoms with Crippen LogP contribution in [-0.2, 0) is 9.53 Å². The molecule has 0 fully saturated rings. The fraction of sp³-hybridized carbons (Fsp3) is 0.533. The van der Waals surface area contributed by atoms with Crippen LogP contribution >= 0.6 is 11.3 Å². The normalized spacial score (nSPS) is 13.7. The van der Waals surface area contributed by atoms with E-state index in [0.29, 0.717) is 0 Å². The van der Waals surface area contributed by atoms with Crippen LogP contribution in [-0.4, -0.2) is 29.0 Å². The van der Waals surface area contributed by atoms with E-state index in [4.69, 9.17) is 4.74 Å². The van der Waals surface area contributed by atoms with Crippen LogP contribution in [0.2, 0.25) is 0 Å². The van der Waals surface area contributed by atoms with Crippen molar-refractivity contribution < 1.29 is 14.3 Å². The molecule has 116 valence electrons. The number of hydrogen-bond acceptors (Lipinski definition) is 5. The lowest BCUT2D eigenvalue weighted by atomic mass is 10.1. The first-order chi connectivity index (χ1) is 9.71. The summed E-state index contributed by atoms with van der Waals surface area (Å²) in [5.74, 6) is 0. The zero-order valence-corrected chi connectivity index (χ0v) is 13.9. The molecule has 0 aromatic carbocycles. The number of amides is 1. The minimum Gasteiger partial charge on any atom is -0.444 e. The minimum absolute atomic E-state index is 0.199. The van der Waals surface area contributed by atoms with Gasteiger partial charge in [0.15, 0.2) is 0 Å². The molecule has 5 nitrogen and oxygen atoms in total. The molecule has 0 aliphatic carbocycles. The number of alkyl carbamates (subject to hydrolysis) is 1. The van der Waals surface area contributed by atoms with Crippen molar-refractivity contribution in [2.75, 3.05) is 0 Å². The predicted molar refractivity (Wildman–Crippen MR) is 84.3 cm³/mol. The van der Waals surface area contributed by atoms with Crippen molar-refractivity contribution in [2.24, 2.45) is 0 Å². The maximum atomic E-state index is 11.8. The molecule has 0 spiro atoms. The lowest BCUT2D eigenvalue weighted by Gasteiger charge is -2.23. The van der Waals surface area contributed by atoms with E-state index in [1.807, 2.05) is 25.3 Å². The molecule has 1 aromatic rings. The van der Waals surface area contributed by atoms with Crippen molar-refractivity contribution in [2.45, 2.75) is 52.7 Å². The summed E-state index contributed by atoms with van der Waals surface area (Å²) in [6.07, 6.45) is 2.32. The molecule has 0 aliphatic rings. The second-order valence-corrected chi connectivity index (χ2v) is 6.84. The molecule has 1 aromatic heterocycles. The molecule has 0 radical (unpaired) electrons. The summed E-state index contributed by atoms with van der Waals surface area (Å²) >= 11 is 1.56. The van der Waals surface area contributed by atoms with Crippen molar-refractivity contribution in [3.05, 3.63) is 21.7 Å². The first-order valence-corrected chi connectivity index (χ1v) is 7.62. The number of ether oxygens (including phenoxy) is 1. The number of carbonyl (C=O) groups is 2. The Balaban J connectivity index is 2.78. The van der Waals surface area contributed by atoms with E-state index in [1.54, 1.807) is 32.1 Å². The van der Waals surface area contributed by atoms with Crippen molar-refractivity contribution in [1.29, 1.82) is 0 Å². The molecule has 0 saturated heterocycles. The van der Waals surface area contributed by atoms with Crippen LogP contribution in [0.5, 0.6) is 0 Å². The Morgan fingerprint density at radius 1 is 1.52 bits per heavy atom. The number of hydrogen-bond donors (Lipinski definition) is 1. The summed E-state index contributed by atoms with van der Waals surface area (Å²) in [5, 5.41) is 5.62. The standard InChI is InChI=1S/C15H22N2O3S/c1-10(8-12-9-21-11(2)16-12)13(6-7-18)17-14(19)20-15(3,4)5/h7-9,13H,6H2,1-5H3,(H,17,19)/b10-8+/t13-/m0/s1. The van der Waals surface area contributed by atoms with Gasteiger partial charge in [0.2, 0.25) is 0 Å². The smallest absolute Gasteiger partial charge is 0.408 e. The van der Waals surface area contributed by atoms with E-state index in [0.717, 1.165) is 22.6 Å². The fourth-order valence-corrected chi connectivity index (χ4v) is 2.26. The van der Waals surface area contributed by atoms with Gasteiger partial charge in [-0.25, -0.2) is 9.78 Å². The molecule has 1 atom stereocenters. The van der Waals surface area contributed by atoms with Gasteiger partial charge in [0.05, 0.1) is 16.7 Å². The third kappa shape index (κ3) is 6.53. The quantitative estimate of drug-likeness (QED) is 0.847. The Bertz CT molecular complexity index is 529. The first-order valence-electron chi connectivity index (χ1n) is 6.74. The Hall–Kier alpha value is -1.69. The van der Waals surface area contributed by atoms with Crippen molar-refractivity contribution in [3.63, 3.8) is 0 Å². The van der Waals surface area contributed by atoms with Crippen LogP contribution in [0.1, 0.15) is 44.8 Å². The zero-order valence-electron chi connectivity index (χ0n) is 13.1. The lowest BCUT2D eigenvalue weighted by molar-refractivity contribution is -0.108. The number of nitrogens with zero attached hydrogens (tertiary/aromatic N) is 1. The van der Waals surface area contributed by atoms with Gasteiger partial charge in [0.25, 0.3) is 0 Å². The largest absolute Gasteiger partial charge is 0.444 e. The lowest BCUT2D eigenvalue weighted by Crippen LogP contribution is -2.40. The van der Waals surface area contributed by atoms with E-state index < -0.39 is 11.7 Å². The number of aromatic nitrogens is 1. The number of thiazole rings is 1. The number of rotatable bonds is 5. The van der Waals surface area contributed by atoms with E-state index in [9.17, 15) is 9.59 Å². The molecule has 1 rings (SSSR count). The maximum absolute atomic E-state index is 11.8. The summed E-state index contributed by atoms with van der Waals surface area (Å²) in [6.45, 7) is 9.17.